The number of rotatable bonds is 5. The largest absolute Gasteiger partial charge is 0.450 e. The molecule has 0 aliphatic heterocycles. The first-order valence-electron chi connectivity index (χ1n) is 9.50. The molecule has 6 heteroatoms. The normalized spacial score (nSPS) is 24.7. The first kappa shape index (κ1) is 17.8. The molecule has 4 unspecified atom stereocenters. The number of hydrogen-bond donors (Lipinski definition) is 1. The van der Waals surface area contributed by atoms with Gasteiger partial charge in [-0.25, -0.2) is 4.79 Å². The van der Waals surface area contributed by atoms with Crippen LogP contribution in [0.15, 0.2) is 39.5 Å². The van der Waals surface area contributed by atoms with Crippen molar-refractivity contribution in [2.75, 3.05) is 6.61 Å². The van der Waals surface area contributed by atoms with Gasteiger partial charge in [0, 0.05) is 12.1 Å². The van der Waals surface area contributed by atoms with Crippen molar-refractivity contribution in [2.45, 2.75) is 38.6 Å². The van der Waals surface area contributed by atoms with Crippen molar-refractivity contribution in [1.29, 1.82) is 0 Å². The number of ether oxygens (including phenoxy) is 1. The second-order valence-corrected chi connectivity index (χ2v) is 7.74. The fourth-order valence-electron chi connectivity index (χ4n) is 4.72. The molecule has 0 radical (unpaired) electrons. The molecule has 1 aromatic heterocycles. The average molecular weight is 369 g/mol. The third-order valence-corrected chi connectivity index (χ3v) is 5.99. The summed E-state index contributed by atoms with van der Waals surface area (Å²) in [6, 6.07) is 7.84. The van der Waals surface area contributed by atoms with Crippen LogP contribution in [0.1, 0.15) is 43.2 Å². The van der Waals surface area contributed by atoms with Crippen LogP contribution in [0.5, 0.6) is 0 Å². The Labute approximate surface area is 156 Å². The molecule has 2 aromatic rings. The number of amides is 1. The molecule has 4 rings (SSSR count). The molecule has 2 fully saturated rings. The predicted octanol–water partition coefficient (Wildman–Crippen LogP) is 2.89. The molecule has 1 heterocycles. The van der Waals surface area contributed by atoms with E-state index in [1.807, 2.05) is 6.92 Å². The van der Waals surface area contributed by atoms with Crippen LogP contribution in [-0.4, -0.2) is 24.5 Å². The van der Waals surface area contributed by atoms with Gasteiger partial charge >= 0.3 is 5.97 Å². The molecule has 6 nitrogen and oxygen atoms in total. The SMILES string of the molecule is CC(NC(=O)COC(=O)c1cc(=O)c2ccccc2o1)C1CC2CCC1C2. The van der Waals surface area contributed by atoms with Gasteiger partial charge in [0.05, 0.1) is 5.39 Å². The molecule has 0 spiro atoms. The number of carbonyl (C=O) groups is 2. The van der Waals surface area contributed by atoms with Crippen LogP contribution in [0.3, 0.4) is 0 Å². The highest BCUT2D eigenvalue weighted by atomic mass is 16.5. The zero-order valence-corrected chi connectivity index (χ0v) is 15.3. The van der Waals surface area contributed by atoms with Crippen molar-refractivity contribution < 1.29 is 18.7 Å². The molecule has 2 aliphatic carbocycles. The number of benzene rings is 1. The van der Waals surface area contributed by atoms with Gasteiger partial charge in [-0.1, -0.05) is 18.6 Å². The van der Waals surface area contributed by atoms with E-state index in [1.165, 1.54) is 25.7 Å². The van der Waals surface area contributed by atoms with Gasteiger partial charge in [0.1, 0.15) is 5.58 Å². The Balaban J connectivity index is 1.33. The Morgan fingerprint density at radius 3 is 2.81 bits per heavy atom. The summed E-state index contributed by atoms with van der Waals surface area (Å²) in [5.74, 6) is 0.685. The average Bonchev–Trinajstić information content (AvgIpc) is 3.29. The lowest BCUT2D eigenvalue weighted by atomic mass is 9.84. The Hall–Kier alpha value is -2.63. The van der Waals surface area contributed by atoms with Crippen molar-refractivity contribution in [3.05, 3.63) is 46.3 Å². The molecule has 2 bridgehead atoms. The Bertz CT molecular complexity index is 934. The molecule has 4 atom stereocenters. The van der Waals surface area contributed by atoms with Crippen LogP contribution in [0.2, 0.25) is 0 Å². The maximum Gasteiger partial charge on any atom is 0.374 e. The van der Waals surface area contributed by atoms with Gasteiger partial charge in [0.15, 0.2) is 12.0 Å². The molecule has 142 valence electrons. The van der Waals surface area contributed by atoms with Crippen LogP contribution in [0.4, 0.5) is 0 Å². The van der Waals surface area contributed by atoms with Crippen molar-refractivity contribution in [1.82, 2.24) is 5.32 Å². The lowest BCUT2D eigenvalue weighted by molar-refractivity contribution is -0.125. The lowest BCUT2D eigenvalue weighted by Gasteiger charge is -2.28. The topological polar surface area (TPSA) is 85.6 Å². The fourth-order valence-corrected chi connectivity index (χ4v) is 4.72. The summed E-state index contributed by atoms with van der Waals surface area (Å²) >= 11 is 0. The fraction of sp³-hybridized carbons (Fsp3) is 0.476. The predicted molar refractivity (Wildman–Crippen MR) is 99.3 cm³/mol. The smallest absolute Gasteiger partial charge is 0.374 e. The molecular weight excluding hydrogens is 346 g/mol. The molecule has 2 saturated carbocycles. The molecule has 2 aliphatic rings. The van der Waals surface area contributed by atoms with E-state index in [1.54, 1.807) is 24.3 Å². The lowest BCUT2D eigenvalue weighted by Crippen LogP contribution is -2.42. The highest BCUT2D eigenvalue weighted by Gasteiger charge is 2.42. The van der Waals surface area contributed by atoms with Gasteiger partial charge < -0.3 is 14.5 Å². The van der Waals surface area contributed by atoms with E-state index in [0.717, 1.165) is 12.0 Å². The molecule has 1 aromatic carbocycles. The first-order chi connectivity index (χ1) is 13.0. The van der Waals surface area contributed by atoms with E-state index in [2.05, 4.69) is 5.32 Å². The van der Waals surface area contributed by atoms with Crippen LogP contribution in [0.25, 0.3) is 11.0 Å². The summed E-state index contributed by atoms with van der Waals surface area (Å²) in [6.07, 6.45) is 5.02. The first-order valence-corrected chi connectivity index (χ1v) is 9.50. The number of carbonyl (C=O) groups excluding carboxylic acids is 2. The highest BCUT2D eigenvalue weighted by molar-refractivity contribution is 5.90. The van der Waals surface area contributed by atoms with Crippen LogP contribution in [-0.2, 0) is 9.53 Å². The number of nitrogens with one attached hydrogen (secondary N) is 1. The Morgan fingerprint density at radius 2 is 2.07 bits per heavy atom. The standard InChI is InChI=1S/C21H23NO5/c1-12(16-9-13-6-7-14(16)8-13)22-20(24)11-26-21(25)19-10-17(23)15-4-2-3-5-18(15)27-19/h2-5,10,12-14,16H,6-9,11H2,1H3,(H,22,24). The summed E-state index contributed by atoms with van der Waals surface area (Å²) in [5.41, 5.74) is -0.00975. The van der Waals surface area contributed by atoms with E-state index in [-0.39, 0.29) is 29.7 Å². The minimum absolute atomic E-state index is 0.0742. The molecular formula is C21H23NO5. The highest BCUT2D eigenvalue weighted by Crippen LogP contribution is 2.49. The van der Waals surface area contributed by atoms with Crippen molar-refractivity contribution in [3.63, 3.8) is 0 Å². The van der Waals surface area contributed by atoms with E-state index in [9.17, 15) is 14.4 Å². The van der Waals surface area contributed by atoms with Crippen molar-refractivity contribution in [2.24, 2.45) is 17.8 Å². The quantitative estimate of drug-likeness (QED) is 0.819. The maximum atomic E-state index is 12.2. The minimum Gasteiger partial charge on any atom is -0.450 e. The zero-order chi connectivity index (χ0) is 19.0. The van der Waals surface area contributed by atoms with Crippen LogP contribution < -0.4 is 10.7 Å². The van der Waals surface area contributed by atoms with Crippen LogP contribution >= 0.6 is 0 Å². The summed E-state index contributed by atoms with van der Waals surface area (Å²) in [4.78, 5) is 36.4. The Morgan fingerprint density at radius 1 is 1.26 bits per heavy atom. The zero-order valence-electron chi connectivity index (χ0n) is 15.3. The van der Waals surface area contributed by atoms with Gasteiger partial charge in [-0.3, -0.25) is 9.59 Å². The monoisotopic (exact) mass is 369 g/mol. The summed E-state index contributed by atoms with van der Waals surface area (Å²) in [6.45, 7) is 1.63. The van der Waals surface area contributed by atoms with Gasteiger partial charge in [0.2, 0.25) is 5.76 Å². The van der Waals surface area contributed by atoms with E-state index < -0.39 is 5.97 Å². The van der Waals surface area contributed by atoms with Crippen molar-refractivity contribution in [3.8, 4) is 0 Å². The number of para-hydroxylation sites is 1. The third kappa shape index (κ3) is 3.61. The van der Waals surface area contributed by atoms with Gasteiger partial charge in [-0.2, -0.15) is 0 Å². The van der Waals surface area contributed by atoms with E-state index in [4.69, 9.17) is 9.15 Å². The number of hydrogen-bond acceptors (Lipinski definition) is 5. The second-order valence-electron chi connectivity index (χ2n) is 7.74. The van der Waals surface area contributed by atoms with E-state index >= 15 is 0 Å². The van der Waals surface area contributed by atoms with Crippen molar-refractivity contribution >= 4 is 22.8 Å². The molecule has 0 saturated heterocycles. The third-order valence-electron chi connectivity index (χ3n) is 5.99. The Kier molecular flexibility index (Phi) is 4.72. The van der Waals surface area contributed by atoms with Gasteiger partial charge in [-0.05, 0) is 56.1 Å². The minimum atomic E-state index is -0.819. The summed E-state index contributed by atoms with van der Waals surface area (Å²) in [5, 5.41) is 3.34. The maximum absolute atomic E-state index is 12.2. The van der Waals surface area contributed by atoms with Gasteiger partial charge in [-0.15, -0.1) is 0 Å². The molecule has 1 amide bonds. The van der Waals surface area contributed by atoms with E-state index in [0.29, 0.717) is 22.8 Å². The molecule has 27 heavy (non-hydrogen) atoms. The number of esters is 1. The van der Waals surface area contributed by atoms with Gasteiger partial charge in [0.25, 0.3) is 5.91 Å². The molecule has 1 N–H and O–H groups in total. The summed E-state index contributed by atoms with van der Waals surface area (Å²) < 4.78 is 10.5. The number of fused-ring (bicyclic) bond motifs is 3. The summed E-state index contributed by atoms with van der Waals surface area (Å²) in [7, 11) is 0. The second kappa shape index (κ2) is 7.18. The van der Waals surface area contributed by atoms with Crippen LogP contribution in [0, 0.1) is 17.8 Å².